The molecule has 0 unspecified atom stereocenters. The van der Waals surface area contributed by atoms with Crippen LogP contribution in [0.4, 0.5) is 0 Å². The number of hydrogen-bond acceptors (Lipinski definition) is 3. The van der Waals surface area contributed by atoms with Gasteiger partial charge in [-0.15, -0.1) is 0 Å². The molecule has 80 valence electrons. The zero-order chi connectivity index (χ0) is 11.3. The largest absolute Gasteiger partial charge is 0.480 e. The standard InChI is InChI=1S/C11H13NO3/c1-8(12-7-10(13)14)11(15)9-5-3-2-4-6-9/h2-6,8,12H,7H2,1H3,(H,13,14)/t8-/m1/s1. The summed E-state index contributed by atoms with van der Waals surface area (Å²) in [6.45, 7) is 1.44. The quantitative estimate of drug-likeness (QED) is 0.705. The zero-order valence-electron chi connectivity index (χ0n) is 8.43. The van der Waals surface area contributed by atoms with E-state index >= 15 is 0 Å². The minimum atomic E-state index is -0.970. The summed E-state index contributed by atoms with van der Waals surface area (Å²) in [6.07, 6.45) is 0. The predicted molar refractivity (Wildman–Crippen MR) is 55.9 cm³/mol. The zero-order valence-corrected chi connectivity index (χ0v) is 8.43. The summed E-state index contributed by atoms with van der Waals surface area (Å²) >= 11 is 0. The number of benzene rings is 1. The molecule has 15 heavy (non-hydrogen) atoms. The number of hydrogen-bond donors (Lipinski definition) is 2. The fourth-order valence-corrected chi connectivity index (χ4v) is 1.19. The number of nitrogens with one attached hydrogen (secondary N) is 1. The molecule has 0 saturated carbocycles. The number of carbonyl (C=O) groups excluding carboxylic acids is 1. The van der Waals surface area contributed by atoms with Crippen LogP contribution < -0.4 is 5.32 Å². The maximum absolute atomic E-state index is 11.7. The maximum atomic E-state index is 11.7. The lowest BCUT2D eigenvalue weighted by Crippen LogP contribution is -2.37. The molecule has 0 fully saturated rings. The van der Waals surface area contributed by atoms with Gasteiger partial charge in [0, 0.05) is 5.56 Å². The van der Waals surface area contributed by atoms with Gasteiger partial charge >= 0.3 is 5.97 Å². The van der Waals surface area contributed by atoms with E-state index in [1.807, 2.05) is 6.07 Å². The van der Waals surface area contributed by atoms with Gasteiger partial charge in [-0.1, -0.05) is 30.3 Å². The van der Waals surface area contributed by atoms with Crippen LogP contribution in [-0.4, -0.2) is 29.4 Å². The van der Waals surface area contributed by atoms with E-state index < -0.39 is 12.0 Å². The summed E-state index contributed by atoms with van der Waals surface area (Å²) in [7, 11) is 0. The van der Waals surface area contributed by atoms with Gasteiger partial charge in [-0.25, -0.2) is 0 Å². The Labute approximate surface area is 87.9 Å². The van der Waals surface area contributed by atoms with Crippen molar-refractivity contribution in [1.82, 2.24) is 5.32 Å². The molecule has 0 aliphatic rings. The second kappa shape index (κ2) is 5.26. The van der Waals surface area contributed by atoms with Crippen LogP contribution >= 0.6 is 0 Å². The van der Waals surface area contributed by atoms with Gasteiger partial charge in [0.25, 0.3) is 0 Å². The van der Waals surface area contributed by atoms with Crippen LogP contribution in [0.25, 0.3) is 0 Å². The molecule has 0 heterocycles. The van der Waals surface area contributed by atoms with Crippen molar-refractivity contribution in [3.63, 3.8) is 0 Å². The first-order valence-electron chi connectivity index (χ1n) is 4.65. The van der Waals surface area contributed by atoms with Gasteiger partial charge in [0.2, 0.25) is 0 Å². The van der Waals surface area contributed by atoms with Crippen molar-refractivity contribution in [1.29, 1.82) is 0 Å². The summed E-state index contributed by atoms with van der Waals surface area (Å²) in [5, 5.41) is 11.1. The predicted octanol–water partition coefficient (Wildman–Crippen LogP) is 0.932. The minimum Gasteiger partial charge on any atom is -0.480 e. The Morgan fingerprint density at radius 3 is 2.47 bits per heavy atom. The molecule has 1 aromatic rings. The van der Waals surface area contributed by atoms with E-state index in [2.05, 4.69) is 5.32 Å². The highest BCUT2D eigenvalue weighted by atomic mass is 16.4. The number of carbonyl (C=O) groups is 2. The summed E-state index contributed by atoms with van der Waals surface area (Å²) in [4.78, 5) is 22.0. The van der Waals surface area contributed by atoms with Crippen LogP contribution in [0.15, 0.2) is 30.3 Å². The number of aliphatic carboxylic acids is 1. The van der Waals surface area contributed by atoms with Crippen LogP contribution in [0.2, 0.25) is 0 Å². The third-order valence-electron chi connectivity index (χ3n) is 2.01. The van der Waals surface area contributed by atoms with Gasteiger partial charge in [-0.2, -0.15) is 0 Å². The third-order valence-corrected chi connectivity index (χ3v) is 2.01. The van der Waals surface area contributed by atoms with Crippen LogP contribution in [0, 0.1) is 0 Å². The van der Waals surface area contributed by atoms with Crippen molar-refractivity contribution in [2.24, 2.45) is 0 Å². The highest BCUT2D eigenvalue weighted by molar-refractivity contribution is 5.99. The third kappa shape index (κ3) is 3.52. The van der Waals surface area contributed by atoms with Crippen LogP contribution in [0.3, 0.4) is 0 Å². The van der Waals surface area contributed by atoms with Gasteiger partial charge in [0.15, 0.2) is 5.78 Å². The SMILES string of the molecule is C[C@@H](NCC(=O)O)C(=O)c1ccccc1. The Morgan fingerprint density at radius 2 is 1.93 bits per heavy atom. The fourth-order valence-electron chi connectivity index (χ4n) is 1.19. The Morgan fingerprint density at radius 1 is 1.33 bits per heavy atom. The molecule has 0 aliphatic heterocycles. The van der Waals surface area contributed by atoms with E-state index in [-0.39, 0.29) is 12.3 Å². The molecule has 0 spiro atoms. The van der Waals surface area contributed by atoms with E-state index in [0.29, 0.717) is 5.56 Å². The van der Waals surface area contributed by atoms with Crippen molar-refractivity contribution in [3.05, 3.63) is 35.9 Å². The molecule has 2 N–H and O–H groups in total. The van der Waals surface area contributed by atoms with Gasteiger partial charge < -0.3 is 5.11 Å². The molecule has 0 aliphatic carbocycles. The van der Waals surface area contributed by atoms with Crippen LogP contribution in [-0.2, 0) is 4.79 Å². The molecule has 4 nitrogen and oxygen atoms in total. The van der Waals surface area contributed by atoms with Crippen LogP contribution in [0.5, 0.6) is 0 Å². The van der Waals surface area contributed by atoms with Gasteiger partial charge in [0.1, 0.15) is 0 Å². The average Bonchev–Trinajstić information content (AvgIpc) is 2.26. The molecule has 0 amide bonds. The molecular formula is C11H13NO3. The van der Waals surface area contributed by atoms with Crippen molar-refractivity contribution in [2.45, 2.75) is 13.0 Å². The lowest BCUT2D eigenvalue weighted by molar-refractivity contribution is -0.136. The first-order chi connectivity index (χ1) is 7.11. The molecule has 0 radical (unpaired) electrons. The van der Waals surface area contributed by atoms with E-state index in [0.717, 1.165) is 0 Å². The number of Topliss-reactive ketones (excluding diaryl/α,β-unsaturated/α-hetero) is 1. The second-order valence-corrected chi connectivity index (χ2v) is 3.23. The van der Waals surface area contributed by atoms with Gasteiger partial charge in [0.05, 0.1) is 12.6 Å². The number of ketones is 1. The normalized spacial score (nSPS) is 12.1. The topological polar surface area (TPSA) is 66.4 Å². The van der Waals surface area contributed by atoms with E-state index in [1.54, 1.807) is 31.2 Å². The minimum absolute atomic E-state index is 0.100. The summed E-state index contributed by atoms with van der Waals surface area (Å²) in [5.74, 6) is -1.07. The Bertz CT molecular complexity index is 348. The maximum Gasteiger partial charge on any atom is 0.317 e. The Balaban J connectivity index is 2.57. The number of carboxylic acids is 1. The van der Waals surface area contributed by atoms with Crippen molar-refractivity contribution >= 4 is 11.8 Å². The number of carboxylic acid groups (broad SMARTS) is 1. The highest BCUT2D eigenvalue weighted by Crippen LogP contribution is 2.02. The smallest absolute Gasteiger partial charge is 0.317 e. The average molecular weight is 207 g/mol. The molecule has 4 heteroatoms. The number of rotatable bonds is 5. The summed E-state index contributed by atoms with van der Waals surface area (Å²) < 4.78 is 0. The first kappa shape index (κ1) is 11.4. The fraction of sp³-hybridized carbons (Fsp3) is 0.273. The van der Waals surface area contributed by atoms with E-state index in [9.17, 15) is 9.59 Å². The molecule has 0 bridgehead atoms. The van der Waals surface area contributed by atoms with Crippen molar-refractivity contribution < 1.29 is 14.7 Å². The van der Waals surface area contributed by atoms with E-state index in [1.165, 1.54) is 0 Å². The monoisotopic (exact) mass is 207 g/mol. The van der Waals surface area contributed by atoms with Gasteiger partial charge in [-0.3, -0.25) is 14.9 Å². The lowest BCUT2D eigenvalue weighted by atomic mass is 10.1. The first-order valence-corrected chi connectivity index (χ1v) is 4.65. The highest BCUT2D eigenvalue weighted by Gasteiger charge is 2.14. The summed E-state index contributed by atoms with van der Waals surface area (Å²) in [6, 6.07) is 8.31. The van der Waals surface area contributed by atoms with E-state index in [4.69, 9.17) is 5.11 Å². The van der Waals surface area contributed by atoms with Gasteiger partial charge in [-0.05, 0) is 6.92 Å². The molecular weight excluding hydrogens is 194 g/mol. The molecule has 1 aromatic carbocycles. The summed E-state index contributed by atoms with van der Waals surface area (Å²) in [5.41, 5.74) is 0.586. The lowest BCUT2D eigenvalue weighted by Gasteiger charge is -2.10. The molecule has 1 atom stereocenters. The molecule has 1 rings (SSSR count). The second-order valence-electron chi connectivity index (χ2n) is 3.23. The van der Waals surface area contributed by atoms with Crippen molar-refractivity contribution in [2.75, 3.05) is 6.54 Å². The Kier molecular flexibility index (Phi) is 4.00. The van der Waals surface area contributed by atoms with Crippen LogP contribution in [0.1, 0.15) is 17.3 Å². The molecule has 0 saturated heterocycles. The molecule has 0 aromatic heterocycles. The Hall–Kier alpha value is -1.68. The van der Waals surface area contributed by atoms with Crippen molar-refractivity contribution in [3.8, 4) is 0 Å².